The number of carbonyl (C=O) groups excluding carboxylic acids is 1. The highest BCUT2D eigenvalue weighted by molar-refractivity contribution is 7.99. The Labute approximate surface area is 118 Å². The smallest absolute Gasteiger partial charge is 0.253 e. The molecule has 0 bridgehead atoms. The molecule has 7 heteroatoms. The molecule has 1 saturated heterocycles. The first kappa shape index (κ1) is 14.6. The van der Waals surface area contributed by atoms with Crippen LogP contribution in [0.15, 0.2) is 12.1 Å². The Hall–Kier alpha value is -0.850. The van der Waals surface area contributed by atoms with Crippen LogP contribution in [-0.2, 0) is 0 Å². The fourth-order valence-electron chi connectivity index (χ4n) is 1.77. The number of halogens is 3. The quantitative estimate of drug-likeness (QED) is 0.842. The molecule has 1 heterocycles. The number of aliphatic hydroxyl groups is 1. The van der Waals surface area contributed by atoms with Crippen LogP contribution in [0.5, 0.6) is 0 Å². The van der Waals surface area contributed by atoms with E-state index in [1.807, 2.05) is 0 Å². The Morgan fingerprint density at radius 1 is 1.47 bits per heavy atom. The first-order valence-corrected chi connectivity index (χ1v) is 7.17. The molecule has 1 atom stereocenters. The van der Waals surface area contributed by atoms with Crippen LogP contribution < -0.4 is 5.32 Å². The summed E-state index contributed by atoms with van der Waals surface area (Å²) in [6.45, 7) is 0.0636. The molecular weight excluding hydrogens is 296 g/mol. The molecule has 2 rings (SSSR count). The zero-order valence-corrected chi connectivity index (χ0v) is 11.5. The van der Waals surface area contributed by atoms with Crippen molar-refractivity contribution in [1.82, 2.24) is 5.32 Å². The van der Waals surface area contributed by atoms with Gasteiger partial charge in [0.2, 0.25) is 0 Å². The van der Waals surface area contributed by atoms with Gasteiger partial charge in [-0.05, 0) is 24.3 Å². The van der Waals surface area contributed by atoms with Crippen LogP contribution in [0.25, 0.3) is 0 Å². The molecule has 1 aliphatic rings. The van der Waals surface area contributed by atoms with Crippen LogP contribution in [0.3, 0.4) is 0 Å². The van der Waals surface area contributed by atoms with Gasteiger partial charge in [-0.25, -0.2) is 8.78 Å². The molecule has 1 unspecified atom stereocenters. The van der Waals surface area contributed by atoms with Crippen molar-refractivity contribution >= 4 is 29.3 Å². The minimum atomic E-state index is -1.13. The van der Waals surface area contributed by atoms with Crippen LogP contribution in [0, 0.1) is 11.6 Å². The van der Waals surface area contributed by atoms with Crippen molar-refractivity contribution in [3.05, 3.63) is 34.4 Å². The maximum absolute atomic E-state index is 13.1. The van der Waals surface area contributed by atoms with Gasteiger partial charge in [-0.3, -0.25) is 4.79 Å². The van der Waals surface area contributed by atoms with E-state index in [2.05, 4.69) is 5.32 Å². The summed E-state index contributed by atoms with van der Waals surface area (Å²) in [5.41, 5.74) is -1.08. The molecule has 0 saturated carbocycles. The first-order chi connectivity index (χ1) is 8.91. The largest absolute Gasteiger partial charge is 0.387 e. The lowest BCUT2D eigenvalue weighted by Gasteiger charge is -2.21. The second-order valence-corrected chi connectivity index (χ2v) is 5.97. The molecule has 0 spiro atoms. The van der Waals surface area contributed by atoms with E-state index in [4.69, 9.17) is 11.6 Å². The molecule has 1 fully saturated rings. The number of carbonyl (C=O) groups is 1. The van der Waals surface area contributed by atoms with Gasteiger partial charge in [0.1, 0.15) is 0 Å². The lowest BCUT2D eigenvalue weighted by Crippen LogP contribution is -2.43. The number of rotatable bonds is 3. The van der Waals surface area contributed by atoms with Crippen molar-refractivity contribution in [2.75, 3.05) is 18.1 Å². The van der Waals surface area contributed by atoms with Gasteiger partial charge in [0, 0.05) is 12.3 Å². The normalized spacial score (nSPS) is 22.5. The highest BCUT2D eigenvalue weighted by Crippen LogP contribution is 2.27. The Kier molecular flexibility index (Phi) is 4.32. The maximum atomic E-state index is 13.1. The minimum Gasteiger partial charge on any atom is -0.387 e. The zero-order valence-electron chi connectivity index (χ0n) is 9.88. The molecule has 19 heavy (non-hydrogen) atoms. The highest BCUT2D eigenvalue weighted by atomic mass is 35.5. The number of thioether (sulfide) groups is 1. The van der Waals surface area contributed by atoms with Crippen molar-refractivity contribution < 1.29 is 18.7 Å². The van der Waals surface area contributed by atoms with E-state index in [0.717, 1.165) is 17.9 Å². The molecule has 1 aromatic rings. The van der Waals surface area contributed by atoms with E-state index in [-0.39, 0.29) is 17.1 Å². The lowest BCUT2D eigenvalue weighted by molar-refractivity contribution is 0.0612. The van der Waals surface area contributed by atoms with E-state index in [1.165, 1.54) is 0 Å². The van der Waals surface area contributed by atoms with Crippen LogP contribution >= 0.6 is 23.4 Å². The zero-order chi connectivity index (χ0) is 14.0. The molecule has 1 amide bonds. The number of hydrogen-bond donors (Lipinski definition) is 2. The second-order valence-electron chi connectivity index (χ2n) is 4.46. The van der Waals surface area contributed by atoms with Gasteiger partial charge in [-0.15, -0.1) is 0 Å². The van der Waals surface area contributed by atoms with E-state index < -0.39 is 23.1 Å². The van der Waals surface area contributed by atoms with Gasteiger partial charge in [-0.2, -0.15) is 11.8 Å². The second kappa shape index (κ2) is 5.64. The Balaban J connectivity index is 2.06. The summed E-state index contributed by atoms with van der Waals surface area (Å²) in [7, 11) is 0. The Morgan fingerprint density at radius 3 is 2.79 bits per heavy atom. The van der Waals surface area contributed by atoms with Crippen molar-refractivity contribution in [1.29, 1.82) is 0 Å². The van der Waals surface area contributed by atoms with E-state index in [1.54, 1.807) is 11.8 Å². The third-order valence-corrected chi connectivity index (χ3v) is 4.46. The van der Waals surface area contributed by atoms with Gasteiger partial charge >= 0.3 is 0 Å². The Bertz CT molecular complexity index is 507. The van der Waals surface area contributed by atoms with E-state index in [0.29, 0.717) is 12.2 Å². The van der Waals surface area contributed by atoms with Gasteiger partial charge in [0.05, 0.1) is 16.2 Å². The van der Waals surface area contributed by atoms with Gasteiger partial charge in [0.15, 0.2) is 11.6 Å². The predicted molar refractivity (Wildman–Crippen MR) is 70.6 cm³/mol. The molecule has 3 nitrogen and oxygen atoms in total. The predicted octanol–water partition coefficient (Wildman–Crippen LogP) is 2.22. The molecule has 0 aromatic heterocycles. The maximum Gasteiger partial charge on any atom is 0.253 e. The topological polar surface area (TPSA) is 49.3 Å². The van der Waals surface area contributed by atoms with Crippen molar-refractivity contribution in [2.24, 2.45) is 0 Å². The fraction of sp³-hybridized carbons (Fsp3) is 0.417. The van der Waals surface area contributed by atoms with Crippen LogP contribution in [0.1, 0.15) is 16.8 Å². The molecule has 1 aliphatic heterocycles. The van der Waals surface area contributed by atoms with Gasteiger partial charge in [0.25, 0.3) is 5.91 Å². The monoisotopic (exact) mass is 307 g/mol. The number of amides is 1. The summed E-state index contributed by atoms with van der Waals surface area (Å²) in [4.78, 5) is 11.8. The molecule has 0 aliphatic carbocycles. The summed E-state index contributed by atoms with van der Waals surface area (Å²) in [5.74, 6) is -1.50. The fourth-order valence-corrected chi connectivity index (χ4v) is 3.30. The summed E-state index contributed by atoms with van der Waals surface area (Å²) in [6, 6.07) is 1.51. The summed E-state index contributed by atoms with van der Waals surface area (Å²) in [5, 5.41) is 12.4. The average Bonchev–Trinajstić information content (AvgIpc) is 2.78. The van der Waals surface area contributed by atoms with Crippen molar-refractivity contribution in [2.45, 2.75) is 12.0 Å². The average molecular weight is 308 g/mol. The number of hydrogen-bond acceptors (Lipinski definition) is 3. The van der Waals surface area contributed by atoms with Gasteiger partial charge in [-0.1, -0.05) is 11.6 Å². The van der Waals surface area contributed by atoms with Gasteiger partial charge < -0.3 is 10.4 Å². The lowest BCUT2D eigenvalue weighted by atomic mass is 10.0. The first-order valence-electron chi connectivity index (χ1n) is 5.64. The van der Waals surface area contributed by atoms with Crippen LogP contribution in [-0.4, -0.2) is 34.7 Å². The summed E-state index contributed by atoms with van der Waals surface area (Å²) >= 11 is 7.29. The third-order valence-electron chi connectivity index (χ3n) is 2.92. The number of nitrogens with one attached hydrogen (secondary N) is 1. The molecule has 0 radical (unpaired) electrons. The highest BCUT2D eigenvalue weighted by Gasteiger charge is 2.32. The van der Waals surface area contributed by atoms with Crippen LogP contribution in [0.2, 0.25) is 5.02 Å². The van der Waals surface area contributed by atoms with Crippen LogP contribution in [0.4, 0.5) is 8.78 Å². The van der Waals surface area contributed by atoms with Crippen molar-refractivity contribution in [3.63, 3.8) is 0 Å². The summed E-state index contributed by atoms with van der Waals surface area (Å²) < 4.78 is 26.0. The molecule has 1 aromatic carbocycles. The molecular formula is C12H12ClF2NO2S. The molecule has 2 N–H and O–H groups in total. The Morgan fingerprint density at radius 2 is 2.16 bits per heavy atom. The van der Waals surface area contributed by atoms with E-state index >= 15 is 0 Å². The van der Waals surface area contributed by atoms with E-state index in [9.17, 15) is 18.7 Å². The van der Waals surface area contributed by atoms with Crippen molar-refractivity contribution in [3.8, 4) is 0 Å². The molecule has 104 valence electrons. The summed E-state index contributed by atoms with van der Waals surface area (Å²) in [6.07, 6.45) is 0.587. The standard InChI is InChI=1S/C12H12ClF2NO2S/c13-8-4-10(15)9(14)3-7(8)11(17)16-5-12(18)1-2-19-6-12/h3-4,18H,1-2,5-6H2,(H,16,17). The number of benzene rings is 1. The third kappa shape index (κ3) is 3.38. The minimum absolute atomic E-state index is 0.0636. The SMILES string of the molecule is O=C(NCC1(O)CCSC1)c1cc(F)c(F)cc1Cl.